The lowest BCUT2D eigenvalue weighted by Gasteiger charge is -2.19. The van der Waals surface area contributed by atoms with E-state index in [-0.39, 0.29) is 17.3 Å². The number of nitrogens with one attached hydrogen (secondary N) is 1. The summed E-state index contributed by atoms with van der Waals surface area (Å²) in [4.78, 5) is 17.1. The van der Waals surface area contributed by atoms with Gasteiger partial charge in [-0.15, -0.1) is 0 Å². The number of amides is 1. The number of halogens is 1. The first-order chi connectivity index (χ1) is 15.0. The summed E-state index contributed by atoms with van der Waals surface area (Å²) >= 11 is 5.91. The fourth-order valence-electron chi connectivity index (χ4n) is 3.47. The van der Waals surface area contributed by atoms with Gasteiger partial charge in [-0.2, -0.15) is 0 Å². The second-order valence-corrected chi connectivity index (χ2v) is 9.58. The number of pyridine rings is 1. The highest BCUT2D eigenvalue weighted by molar-refractivity contribution is 7.91. The van der Waals surface area contributed by atoms with E-state index in [4.69, 9.17) is 11.6 Å². The van der Waals surface area contributed by atoms with Crippen molar-refractivity contribution in [3.63, 3.8) is 0 Å². The summed E-state index contributed by atoms with van der Waals surface area (Å²) in [6.45, 7) is -0.0985. The van der Waals surface area contributed by atoms with E-state index >= 15 is 0 Å². The highest BCUT2D eigenvalue weighted by Gasteiger charge is 2.30. The molecule has 4 rings (SSSR count). The summed E-state index contributed by atoms with van der Waals surface area (Å²) in [6.07, 6.45) is 3.08. The SMILES string of the molecule is O=C(NCC(c1cccnc1)S(=O)(=O)c1ccc(Cl)cc1)c1cccc2ccccc12. The average Bonchev–Trinajstić information content (AvgIpc) is 2.79. The minimum Gasteiger partial charge on any atom is -0.350 e. The first-order valence-electron chi connectivity index (χ1n) is 9.62. The van der Waals surface area contributed by atoms with Crippen molar-refractivity contribution in [1.29, 1.82) is 0 Å². The Balaban J connectivity index is 1.66. The summed E-state index contributed by atoms with van der Waals surface area (Å²) in [5, 5.41) is 4.00. The van der Waals surface area contributed by atoms with E-state index in [1.165, 1.54) is 30.5 Å². The van der Waals surface area contributed by atoms with Crippen LogP contribution in [-0.2, 0) is 9.84 Å². The van der Waals surface area contributed by atoms with Crippen molar-refractivity contribution in [3.05, 3.63) is 107 Å². The van der Waals surface area contributed by atoms with Crippen molar-refractivity contribution in [2.45, 2.75) is 10.1 Å². The zero-order valence-corrected chi connectivity index (χ0v) is 18.0. The molecule has 31 heavy (non-hydrogen) atoms. The molecular formula is C24H19ClN2O3S. The van der Waals surface area contributed by atoms with Crippen LogP contribution in [0.4, 0.5) is 0 Å². The van der Waals surface area contributed by atoms with Gasteiger partial charge in [0, 0.05) is 29.5 Å². The monoisotopic (exact) mass is 450 g/mol. The standard InChI is InChI=1S/C24H19ClN2O3S/c25-19-10-12-20(13-11-19)31(29,30)23(18-7-4-14-26-15-18)16-27-24(28)22-9-3-6-17-5-1-2-8-21(17)22/h1-15,23H,16H2,(H,27,28). The fraction of sp³-hybridized carbons (Fsp3) is 0.0833. The predicted octanol–water partition coefficient (Wildman–Crippen LogP) is 4.83. The van der Waals surface area contributed by atoms with Crippen LogP contribution in [0.5, 0.6) is 0 Å². The van der Waals surface area contributed by atoms with Crippen LogP contribution in [0.2, 0.25) is 5.02 Å². The van der Waals surface area contributed by atoms with Crippen LogP contribution in [0.25, 0.3) is 10.8 Å². The summed E-state index contributed by atoms with van der Waals surface area (Å²) < 4.78 is 26.8. The summed E-state index contributed by atoms with van der Waals surface area (Å²) in [6, 6.07) is 22.4. The zero-order chi connectivity index (χ0) is 21.8. The van der Waals surface area contributed by atoms with E-state index in [0.29, 0.717) is 16.1 Å². The minimum absolute atomic E-state index is 0.0985. The number of carbonyl (C=O) groups excluding carboxylic acids is 1. The molecule has 1 aromatic heterocycles. The Kier molecular flexibility index (Phi) is 6.02. The molecule has 5 nitrogen and oxygen atoms in total. The topological polar surface area (TPSA) is 76.1 Å². The Morgan fingerprint density at radius 1 is 0.935 bits per heavy atom. The van der Waals surface area contributed by atoms with Crippen LogP contribution >= 0.6 is 11.6 Å². The number of benzene rings is 3. The minimum atomic E-state index is -3.80. The van der Waals surface area contributed by atoms with Crippen LogP contribution in [-0.4, -0.2) is 25.9 Å². The number of carbonyl (C=O) groups is 1. The number of sulfone groups is 1. The van der Waals surface area contributed by atoms with Gasteiger partial charge in [0.05, 0.1) is 4.90 Å². The van der Waals surface area contributed by atoms with Gasteiger partial charge in [0.1, 0.15) is 5.25 Å². The molecule has 0 aliphatic heterocycles. The van der Waals surface area contributed by atoms with E-state index in [0.717, 1.165) is 10.8 Å². The van der Waals surface area contributed by atoms with E-state index in [1.807, 2.05) is 30.3 Å². The quantitative estimate of drug-likeness (QED) is 0.456. The number of nitrogens with zero attached hydrogens (tertiary/aromatic N) is 1. The Bertz CT molecular complexity index is 1320. The van der Waals surface area contributed by atoms with Gasteiger partial charge in [0.25, 0.3) is 5.91 Å². The molecule has 4 aromatic rings. The van der Waals surface area contributed by atoms with Crippen molar-refractivity contribution < 1.29 is 13.2 Å². The van der Waals surface area contributed by atoms with Gasteiger partial charge in [-0.05, 0) is 52.7 Å². The number of hydrogen-bond acceptors (Lipinski definition) is 4. The molecule has 0 aliphatic rings. The largest absolute Gasteiger partial charge is 0.350 e. The van der Waals surface area contributed by atoms with Gasteiger partial charge in [0.15, 0.2) is 9.84 Å². The molecule has 0 saturated carbocycles. The first-order valence-corrected chi connectivity index (χ1v) is 11.5. The average molecular weight is 451 g/mol. The highest BCUT2D eigenvalue weighted by atomic mass is 35.5. The molecular weight excluding hydrogens is 432 g/mol. The lowest BCUT2D eigenvalue weighted by atomic mass is 10.0. The van der Waals surface area contributed by atoms with Crippen molar-refractivity contribution in [2.24, 2.45) is 0 Å². The van der Waals surface area contributed by atoms with Crippen molar-refractivity contribution in [1.82, 2.24) is 10.3 Å². The Morgan fingerprint density at radius 2 is 1.68 bits per heavy atom. The Hall–Kier alpha value is -3.22. The van der Waals surface area contributed by atoms with E-state index in [1.54, 1.807) is 30.5 Å². The molecule has 0 saturated heterocycles. The summed E-state index contributed by atoms with van der Waals surface area (Å²) in [7, 11) is -3.80. The van der Waals surface area contributed by atoms with Gasteiger partial charge in [-0.3, -0.25) is 9.78 Å². The molecule has 1 atom stereocenters. The second-order valence-electron chi connectivity index (χ2n) is 7.01. The molecule has 3 aromatic carbocycles. The van der Waals surface area contributed by atoms with E-state index in [9.17, 15) is 13.2 Å². The number of rotatable bonds is 6. The lowest BCUT2D eigenvalue weighted by Crippen LogP contribution is -2.32. The molecule has 1 heterocycles. The van der Waals surface area contributed by atoms with Crippen molar-refractivity contribution >= 4 is 38.1 Å². The lowest BCUT2D eigenvalue weighted by molar-refractivity contribution is 0.0955. The van der Waals surface area contributed by atoms with Crippen LogP contribution in [0.3, 0.4) is 0 Å². The van der Waals surface area contributed by atoms with Gasteiger partial charge in [-0.25, -0.2) is 8.42 Å². The molecule has 0 bridgehead atoms. The fourth-order valence-corrected chi connectivity index (χ4v) is 5.24. The Labute approximate surface area is 185 Å². The molecule has 7 heteroatoms. The zero-order valence-electron chi connectivity index (χ0n) is 16.4. The molecule has 0 spiro atoms. The van der Waals surface area contributed by atoms with Gasteiger partial charge in [0.2, 0.25) is 0 Å². The third-order valence-corrected chi connectivity index (χ3v) is 7.42. The molecule has 1 amide bonds. The number of fused-ring (bicyclic) bond motifs is 1. The molecule has 0 aliphatic carbocycles. The smallest absolute Gasteiger partial charge is 0.251 e. The highest BCUT2D eigenvalue weighted by Crippen LogP contribution is 2.29. The van der Waals surface area contributed by atoms with Crippen molar-refractivity contribution in [2.75, 3.05) is 6.54 Å². The van der Waals surface area contributed by atoms with Crippen LogP contribution < -0.4 is 5.32 Å². The van der Waals surface area contributed by atoms with Gasteiger partial charge >= 0.3 is 0 Å². The summed E-state index contributed by atoms with van der Waals surface area (Å²) in [5.41, 5.74) is 0.989. The van der Waals surface area contributed by atoms with Gasteiger partial charge < -0.3 is 5.32 Å². The maximum atomic E-state index is 13.4. The third-order valence-electron chi connectivity index (χ3n) is 5.06. The number of hydrogen-bond donors (Lipinski definition) is 1. The third kappa shape index (κ3) is 4.45. The Morgan fingerprint density at radius 3 is 2.42 bits per heavy atom. The van der Waals surface area contributed by atoms with Crippen LogP contribution in [0.15, 0.2) is 96.2 Å². The maximum absolute atomic E-state index is 13.4. The van der Waals surface area contributed by atoms with E-state index < -0.39 is 15.1 Å². The van der Waals surface area contributed by atoms with Crippen molar-refractivity contribution in [3.8, 4) is 0 Å². The second kappa shape index (κ2) is 8.88. The normalized spacial score (nSPS) is 12.4. The molecule has 1 N–H and O–H groups in total. The number of aromatic nitrogens is 1. The molecule has 0 radical (unpaired) electrons. The molecule has 156 valence electrons. The van der Waals surface area contributed by atoms with Gasteiger partial charge in [-0.1, -0.05) is 54.1 Å². The maximum Gasteiger partial charge on any atom is 0.251 e. The predicted molar refractivity (Wildman–Crippen MR) is 122 cm³/mol. The van der Waals surface area contributed by atoms with E-state index in [2.05, 4.69) is 10.3 Å². The first kappa shape index (κ1) is 21.0. The molecule has 1 unspecified atom stereocenters. The van der Waals surface area contributed by atoms with Crippen LogP contribution in [0, 0.1) is 0 Å². The molecule has 0 fully saturated rings. The summed E-state index contributed by atoms with van der Waals surface area (Å²) in [5.74, 6) is -0.336. The van der Waals surface area contributed by atoms with Crippen LogP contribution in [0.1, 0.15) is 21.2 Å².